The summed E-state index contributed by atoms with van der Waals surface area (Å²) in [5.41, 5.74) is 3.57. The number of hydrogen-bond acceptors (Lipinski definition) is 5. The quantitative estimate of drug-likeness (QED) is 0.589. The summed E-state index contributed by atoms with van der Waals surface area (Å²) in [4.78, 5) is 9.06. The molecular formula is C18H20FN3O2S. The minimum absolute atomic E-state index is 0.308. The van der Waals surface area contributed by atoms with Crippen LogP contribution in [0.4, 0.5) is 4.39 Å². The van der Waals surface area contributed by atoms with Crippen LogP contribution in [-0.4, -0.2) is 28.3 Å². The summed E-state index contributed by atoms with van der Waals surface area (Å²) < 4.78 is 26.1. The molecule has 0 fully saturated rings. The Labute approximate surface area is 150 Å². The van der Waals surface area contributed by atoms with E-state index in [1.54, 1.807) is 37.3 Å². The van der Waals surface area contributed by atoms with Crippen LogP contribution in [0.1, 0.15) is 17.1 Å². The molecule has 3 aromatic rings. The first-order valence-electron chi connectivity index (χ1n) is 7.94. The van der Waals surface area contributed by atoms with Crippen LogP contribution in [0.25, 0.3) is 11.5 Å². The van der Waals surface area contributed by atoms with Crippen LogP contribution in [-0.2, 0) is 17.0 Å². The zero-order valence-electron chi connectivity index (χ0n) is 14.5. The van der Waals surface area contributed by atoms with Crippen LogP contribution in [0.3, 0.4) is 0 Å². The van der Waals surface area contributed by atoms with E-state index in [9.17, 15) is 4.39 Å². The first-order valence-corrected chi connectivity index (χ1v) is 8.93. The van der Waals surface area contributed by atoms with Gasteiger partial charge in [0.2, 0.25) is 5.89 Å². The third kappa shape index (κ3) is 4.11. The summed E-state index contributed by atoms with van der Waals surface area (Å²) in [5.74, 6) is 0.741. The fourth-order valence-corrected chi connectivity index (χ4v) is 3.44. The minimum atomic E-state index is -0.308. The first-order chi connectivity index (χ1) is 12.1. The molecule has 0 atom stereocenters. The highest BCUT2D eigenvalue weighted by Crippen LogP contribution is 2.26. The highest BCUT2D eigenvalue weighted by atomic mass is 32.2. The van der Waals surface area contributed by atoms with Gasteiger partial charge in [-0.3, -0.25) is 0 Å². The molecule has 0 N–H and O–H groups in total. The second kappa shape index (κ2) is 7.84. The lowest BCUT2D eigenvalue weighted by Gasteiger charge is -2.08. The molecule has 0 saturated carbocycles. The van der Waals surface area contributed by atoms with Crippen molar-refractivity contribution < 1.29 is 13.5 Å². The second-order valence-electron chi connectivity index (χ2n) is 5.65. The Kier molecular flexibility index (Phi) is 5.55. The standard InChI is InChI=1S/C18H20FN3O2S/c1-12-13(2)22(7-8-23-3)18(20-12)25-11-16-10-24-17(21-16)14-5-4-6-15(19)9-14/h4-6,9-10H,7-8,11H2,1-3H3. The van der Waals surface area contributed by atoms with Crippen molar-refractivity contribution in [1.29, 1.82) is 0 Å². The zero-order valence-corrected chi connectivity index (χ0v) is 15.3. The van der Waals surface area contributed by atoms with Gasteiger partial charge in [0.15, 0.2) is 5.16 Å². The Balaban J connectivity index is 1.71. The van der Waals surface area contributed by atoms with Gasteiger partial charge in [-0.05, 0) is 32.0 Å². The average Bonchev–Trinajstić information content (AvgIpc) is 3.17. The van der Waals surface area contributed by atoms with Crippen LogP contribution in [0.5, 0.6) is 0 Å². The van der Waals surface area contributed by atoms with Gasteiger partial charge in [-0.1, -0.05) is 17.8 Å². The molecule has 3 rings (SSSR count). The molecule has 0 saturated heterocycles. The van der Waals surface area contributed by atoms with Crippen molar-refractivity contribution in [3.05, 3.63) is 53.4 Å². The topological polar surface area (TPSA) is 53.1 Å². The van der Waals surface area contributed by atoms with Crippen LogP contribution < -0.4 is 0 Å². The van der Waals surface area contributed by atoms with E-state index in [1.165, 1.54) is 12.1 Å². The summed E-state index contributed by atoms with van der Waals surface area (Å²) >= 11 is 1.60. The number of thioether (sulfide) groups is 1. The highest BCUT2D eigenvalue weighted by Gasteiger charge is 2.13. The molecule has 0 aliphatic rings. The van der Waals surface area contributed by atoms with Crippen molar-refractivity contribution in [3.63, 3.8) is 0 Å². The van der Waals surface area contributed by atoms with Crippen molar-refractivity contribution in [1.82, 2.24) is 14.5 Å². The third-order valence-corrected chi connectivity index (χ3v) is 4.92. The average molecular weight is 361 g/mol. The SMILES string of the molecule is COCCn1c(SCc2coc(-c3cccc(F)c3)n2)nc(C)c1C. The molecule has 2 heterocycles. The van der Waals surface area contributed by atoms with E-state index in [2.05, 4.69) is 21.5 Å². The number of aromatic nitrogens is 3. The van der Waals surface area contributed by atoms with Gasteiger partial charge in [0, 0.05) is 30.7 Å². The molecule has 0 amide bonds. The van der Waals surface area contributed by atoms with E-state index >= 15 is 0 Å². The molecule has 0 aliphatic carbocycles. The fraction of sp³-hybridized carbons (Fsp3) is 0.333. The highest BCUT2D eigenvalue weighted by molar-refractivity contribution is 7.98. The molecule has 25 heavy (non-hydrogen) atoms. The number of imidazole rings is 1. The zero-order chi connectivity index (χ0) is 17.8. The Morgan fingerprint density at radius 3 is 2.88 bits per heavy atom. The van der Waals surface area contributed by atoms with Gasteiger partial charge in [0.25, 0.3) is 0 Å². The number of nitrogens with zero attached hydrogens (tertiary/aromatic N) is 3. The smallest absolute Gasteiger partial charge is 0.226 e. The maximum absolute atomic E-state index is 13.3. The van der Waals surface area contributed by atoms with Gasteiger partial charge in [-0.15, -0.1) is 0 Å². The van der Waals surface area contributed by atoms with E-state index in [4.69, 9.17) is 9.15 Å². The molecule has 5 nitrogen and oxygen atoms in total. The van der Waals surface area contributed by atoms with Crippen LogP contribution >= 0.6 is 11.8 Å². The van der Waals surface area contributed by atoms with E-state index in [0.717, 1.165) is 28.8 Å². The van der Waals surface area contributed by atoms with Crippen molar-refractivity contribution in [2.75, 3.05) is 13.7 Å². The van der Waals surface area contributed by atoms with E-state index in [0.29, 0.717) is 23.8 Å². The largest absolute Gasteiger partial charge is 0.444 e. The first kappa shape index (κ1) is 17.7. The number of rotatable bonds is 7. The molecular weight excluding hydrogens is 341 g/mol. The van der Waals surface area contributed by atoms with Crippen LogP contribution in [0, 0.1) is 19.7 Å². The van der Waals surface area contributed by atoms with Crippen LogP contribution in [0.15, 0.2) is 40.1 Å². The summed E-state index contributed by atoms with van der Waals surface area (Å²) in [5, 5.41) is 0.933. The lowest BCUT2D eigenvalue weighted by atomic mass is 10.2. The normalized spacial score (nSPS) is 11.2. The van der Waals surface area contributed by atoms with Gasteiger partial charge < -0.3 is 13.7 Å². The second-order valence-corrected chi connectivity index (χ2v) is 6.60. The molecule has 0 bridgehead atoms. The number of methoxy groups -OCH3 is 1. The maximum atomic E-state index is 13.3. The molecule has 7 heteroatoms. The van der Waals surface area contributed by atoms with Gasteiger partial charge in [0.05, 0.1) is 18.0 Å². The number of aryl methyl sites for hydroxylation is 1. The molecule has 0 radical (unpaired) electrons. The maximum Gasteiger partial charge on any atom is 0.226 e. The van der Waals surface area contributed by atoms with Gasteiger partial charge in [-0.25, -0.2) is 14.4 Å². The molecule has 132 valence electrons. The summed E-state index contributed by atoms with van der Waals surface area (Å²) in [7, 11) is 1.69. The van der Waals surface area contributed by atoms with Crippen molar-refractivity contribution >= 4 is 11.8 Å². The Morgan fingerprint density at radius 1 is 1.28 bits per heavy atom. The van der Waals surface area contributed by atoms with Crippen molar-refractivity contribution in [2.24, 2.45) is 0 Å². The number of halogens is 1. The predicted molar refractivity (Wildman–Crippen MR) is 95.0 cm³/mol. The number of hydrogen-bond donors (Lipinski definition) is 0. The number of oxazole rings is 1. The van der Waals surface area contributed by atoms with Gasteiger partial charge >= 0.3 is 0 Å². The Hall–Kier alpha value is -2.12. The fourth-order valence-electron chi connectivity index (χ4n) is 2.45. The van der Waals surface area contributed by atoms with Gasteiger partial charge in [-0.2, -0.15) is 0 Å². The Bertz CT molecular complexity index is 860. The van der Waals surface area contributed by atoms with Crippen molar-refractivity contribution in [2.45, 2.75) is 31.3 Å². The lowest BCUT2D eigenvalue weighted by molar-refractivity contribution is 0.184. The van der Waals surface area contributed by atoms with E-state index in [-0.39, 0.29) is 5.82 Å². The van der Waals surface area contributed by atoms with Gasteiger partial charge in [0.1, 0.15) is 12.1 Å². The van der Waals surface area contributed by atoms with Crippen LogP contribution in [0.2, 0.25) is 0 Å². The van der Waals surface area contributed by atoms with E-state index < -0.39 is 0 Å². The molecule has 2 aromatic heterocycles. The molecule has 0 spiro atoms. The number of benzene rings is 1. The molecule has 1 aromatic carbocycles. The Morgan fingerprint density at radius 2 is 2.12 bits per heavy atom. The lowest BCUT2D eigenvalue weighted by Crippen LogP contribution is -2.07. The monoisotopic (exact) mass is 361 g/mol. The molecule has 0 aliphatic heterocycles. The summed E-state index contributed by atoms with van der Waals surface area (Å²) in [6.07, 6.45) is 1.61. The summed E-state index contributed by atoms with van der Waals surface area (Å²) in [6.45, 7) is 5.46. The van der Waals surface area contributed by atoms with E-state index in [1.807, 2.05) is 6.92 Å². The summed E-state index contributed by atoms with van der Waals surface area (Å²) in [6, 6.07) is 6.22. The molecule has 0 unspecified atom stereocenters. The third-order valence-electron chi connectivity index (χ3n) is 3.91. The number of ether oxygens (including phenoxy) is 1. The van der Waals surface area contributed by atoms with Crippen molar-refractivity contribution in [3.8, 4) is 11.5 Å². The predicted octanol–water partition coefficient (Wildman–Crippen LogP) is 4.23. The minimum Gasteiger partial charge on any atom is -0.444 e.